The van der Waals surface area contributed by atoms with Crippen molar-refractivity contribution in [2.75, 3.05) is 6.54 Å². The molecular formula is C30H32N2O2. The van der Waals surface area contributed by atoms with Gasteiger partial charge in [-0.05, 0) is 67.6 Å². The zero-order chi connectivity index (χ0) is 24.0. The average Bonchev–Trinajstić information content (AvgIpc) is 3.28. The molecule has 1 unspecified atom stereocenters. The van der Waals surface area contributed by atoms with Gasteiger partial charge >= 0.3 is 0 Å². The summed E-state index contributed by atoms with van der Waals surface area (Å²) in [6.07, 6.45) is 4.06. The minimum atomic E-state index is -0.181. The van der Waals surface area contributed by atoms with E-state index in [4.69, 9.17) is 0 Å². The first-order valence-electron chi connectivity index (χ1n) is 12.5. The molecule has 5 rings (SSSR count). The fourth-order valence-electron chi connectivity index (χ4n) is 5.34. The van der Waals surface area contributed by atoms with E-state index in [0.29, 0.717) is 23.6 Å². The lowest BCUT2D eigenvalue weighted by molar-refractivity contribution is 0.0652. The Hall–Kier alpha value is -3.40. The molecule has 0 saturated heterocycles. The van der Waals surface area contributed by atoms with Crippen LogP contribution < -0.4 is 0 Å². The number of fused-ring (bicyclic) bond motifs is 4. The first-order chi connectivity index (χ1) is 16.5. The number of hydrogen-bond acceptors (Lipinski definition) is 2. The molecule has 3 aromatic carbocycles. The van der Waals surface area contributed by atoms with Crippen molar-refractivity contribution in [1.82, 2.24) is 9.47 Å². The van der Waals surface area contributed by atoms with Crippen LogP contribution in [0.4, 0.5) is 0 Å². The average molecular weight is 453 g/mol. The Morgan fingerprint density at radius 2 is 1.59 bits per heavy atom. The van der Waals surface area contributed by atoms with Gasteiger partial charge in [0, 0.05) is 17.3 Å². The molecule has 0 saturated carbocycles. The molecule has 174 valence electrons. The second kappa shape index (κ2) is 8.75. The highest BCUT2D eigenvalue weighted by Gasteiger charge is 2.37. The number of unbranched alkanes of at least 4 members (excludes halogenated alkanes) is 1. The molecule has 4 heteroatoms. The molecule has 0 aliphatic carbocycles. The van der Waals surface area contributed by atoms with E-state index in [1.54, 1.807) is 6.07 Å². The van der Waals surface area contributed by atoms with Crippen LogP contribution in [0, 0.1) is 6.92 Å². The fourth-order valence-corrected chi connectivity index (χ4v) is 5.34. The molecule has 0 spiro atoms. The maximum absolute atomic E-state index is 13.5. The van der Waals surface area contributed by atoms with Gasteiger partial charge in [-0.2, -0.15) is 0 Å². The van der Waals surface area contributed by atoms with E-state index in [1.165, 1.54) is 26.8 Å². The van der Waals surface area contributed by atoms with Gasteiger partial charge in [0.15, 0.2) is 0 Å². The van der Waals surface area contributed by atoms with Gasteiger partial charge in [0.25, 0.3) is 11.8 Å². The number of carbonyl (C=O) groups is 2. The first-order valence-corrected chi connectivity index (χ1v) is 12.5. The summed E-state index contributed by atoms with van der Waals surface area (Å²) in [5, 5.41) is 2.37. The molecule has 4 nitrogen and oxygen atoms in total. The molecule has 0 N–H and O–H groups in total. The third-order valence-corrected chi connectivity index (χ3v) is 7.19. The van der Waals surface area contributed by atoms with Crippen molar-refractivity contribution >= 4 is 33.6 Å². The number of amides is 2. The van der Waals surface area contributed by atoms with Gasteiger partial charge in [-0.1, -0.05) is 57.4 Å². The number of benzene rings is 3. The number of imide groups is 1. The Bertz CT molecular complexity index is 1430. The van der Waals surface area contributed by atoms with Crippen molar-refractivity contribution in [2.45, 2.75) is 59.3 Å². The van der Waals surface area contributed by atoms with Crippen LogP contribution in [0.15, 0.2) is 54.6 Å². The summed E-state index contributed by atoms with van der Waals surface area (Å²) < 4.78 is 2.17. The highest BCUT2D eigenvalue weighted by atomic mass is 16.2. The SMILES string of the molecule is CCCCN1C(=O)c2cccc(-n3c4ccc(C)cc4c4cc(C(C)CCC)ccc43)c2C1=O. The van der Waals surface area contributed by atoms with Crippen molar-refractivity contribution in [3.63, 3.8) is 0 Å². The van der Waals surface area contributed by atoms with E-state index in [2.05, 4.69) is 68.7 Å². The molecule has 2 heterocycles. The second-order valence-electron chi connectivity index (χ2n) is 9.64. The molecule has 1 aliphatic rings. The number of aromatic nitrogens is 1. The lowest BCUT2D eigenvalue weighted by Crippen LogP contribution is -2.30. The normalized spacial score (nSPS) is 14.4. The minimum Gasteiger partial charge on any atom is -0.308 e. The van der Waals surface area contributed by atoms with Gasteiger partial charge in [0.05, 0.1) is 27.8 Å². The molecule has 2 amide bonds. The molecule has 1 atom stereocenters. The molecule has 0 bridgehead atoms. The topological polar surface area (TPSA) is 42.3 Å². The molecule has 1 aromatic heterocycles. The summed E-state index contributed by atoms with van der Waals surface area (Å²) in [7, 11) is 0. The summed E-state index contributed by atoms with van der Waals surface area (Å²) >= 11 is 0. The van der Waals surface area contributed by atoms with Gasteiger partial charge < -0.3 is 4.57 Å². The van der Waals surface area contributed by atoms with Gasteiger partial charge in [0.1, 0.15) is 0 Å². The summed E-state index contributed by atoms with van der Waals surface area (Å²) in [5.74, 6) is 0.131. The number of aryl methyl sites for hydroxylation is 1. The Balaban J connectivity index is 1.76. The molecule has 1 aliphatic heterocycles. The van der Waals surface area contributed by atoms with Crippen LogP contribution in [0.3, 0.4) is 0 Å². The van der Waals surface area contributed by atoms with E-state index in [1.807, 2.05) is 12.1 Å². The van der Waals surface area contributed by atoms with Crippen LogP contribution in [0.2, 0.25) is 0 Å². The fraction of sp³-hybridized carbons (Fsp3) is 0.333. The third-order valence-electron chi connectivity index (χ3n) is 7.19. The van der Waals surface area contributed by atoms with E-state index < -0.39 is 0 Å². The quantitative estimate of drug-likeness (QED) is 0.274. The lowest BCUT2D eigenvalue weighted by atomic mass is 9.95. The molecular weight excluding hydrogens is 420 g/mol. The van der Waals surface area contributed by atoms with Crippen LogP contribution in [-0.4, -0.2) is 27.8 Å². The summed E-state index contributed by atoms with van der Waals surface area (Å²) in [6.45, 7) is 9.16. The van der Waals surface area contributed by atoms with E-state index in [-0.39, 0.29) is 11.8 Å². The number of nitrogens with zero attached hydrogens (tertiary/aromatic N) is 2. The van der Waals surface area contributed by atoms with Crippen molar-refractivity contribution in [1.29, 1.82) is 0 Å². The number of rotatable bonds is 7. The summed E-state index contributed by atoms with van der Waals surface area (Å²) in [4.78, 5) is 28.0. The Kier molecular flexibility index (Phi) is 5.76. The predicted molar refractivity (Wildman–Crippen MR) is 139 cm³/mol. The van der Waals surface area contributed by atoms with Crippen LogP contribution in [-0.2, 0) is 0 Å². The predicted octanol–water partition coefficient (Wildman–Crippen LogP) is 7.39. The first kappa shape index (κ1) is 22.4. The zero-order valence-electron chi connectivity index (χ0n) is 20.5. The maximum Gasteiger partial charge on any atom is 0.263 e. The Labute approximate surface area is 201 Å². The van der Waals surface area contributed by atoms with Gasteiger partial charge in [-0.25, -0.2) is 0 Å². The number of hydrogen-bond donors (Lipinski definition) is 0. The second-order valence-corrected chi connectivity index (χ2v) is 9.64. The van der Waals surface area contributed by atoms with Crippen molar-refractivity contribution in [3.05, 3.63) is 76.9 Å². The summed E-state index contributed by atoms with van der Waals surface area (Å²) in [5.41, 5.74) is 6.47. The van der Waals surface area contributed by atoms with Gasteiger partial charge in [-0.15, -0.1) is 0 Å². The van der Waals surface area contributed by atoms with Crippen molar-refractivity contribution in [2.24, 2.45) is 0 Å². The van der Waals surface area contributed by atoms with Crippen molar-refractivity contribution in [3.8, 4) is 5.69 Å². The zero-order valence-corrected chi connectivity index (χ0v) is 20.5. The summed E-state index contributed by atoms with van der Waals surface area (Å²) in [6, 6.07) is 18.8. The van der Waals surface area contributed by atoms with Crippen LogP contribution >= 0.6 is 0 Å². The number of carbonyl (C=O) groups excluding carboxylic acids is 2. The van der Waals surface area contributed by atoms with E-state index >= 15 is 0 Å². The molecule has 34 heavy (non-hydrogen) atoms. The third kappa shape index (κ3) is 3.44. The molecule has 4 aromatic rings. The van der Waals surface area contributed by atoms with Crippen LogP contribution in [0.25, 0.3) is 27.5 Å². The lowest BCUT2D eigenvalue weighted by Gasteiger charge is -2.14. The standard InChI is InChI=1S/C30H32N2O2/c1-5-7-16-31-29(33)22-10-8-11-27(28(22)30(31)34)32-25-14-12-19(3)17-23(25)24-18-21(13-15-26(24)32)20(4)9-6-2/h8,10-15,17-18,20H,5-7,9,16H2,1-4H3. The molecule has 0 fully saturated rings. The van der Waals surface area contributed by atoms with E-state index in [0.717, 1.165) is 42.4 Å². The van der Waals surface area contributed by atoms with Crippen LogP contribution in [0.1, 0.15) is 84.2 Å². The largest absolute Gasteiger partial charge is 0.308 e. The van der Waals surface area contributed by atoms with Gasteiger partial charge in [0.2, 0.25) is 0 Å². The highest BCUT2D eigenvalue weighted by molar-refractivity contribution is 6.23. The Morgan fingerprint density at radius 1 is 0.853 bits per heavy atom. The van der Waals surface area contributed by atoms with Gasteiger partial charge in [-0.3, -0.25) is 14.5 Å². The van der Waals surface area contributed by atoms with E-state index in [9.17, 15) is 9.59 Å². The molecule has 0 radical (unpaired) electrons. The van der Waals surface area contributed by atoms with Crippen molar-refractivity contribution < 1.29 is 9.59 Å². The monoisotopic (exact) mass is 452 g/mol. The van der Waals surface area contributed by atoms with Crippen LogP contribution in [0.5, 0.6) is 0 Å². The Morgan fingerprint density at radius 3 is 2.32 bits per heavy atom. The maximum atomic E-state index is 13.5. The minimum absolute atomic E-state index is 0.178. The highest BCUT2D eigenvalue weighted by Crippen LogP contribution is 2.38. The smallest absolute Gasteiger partial charge is 0.263 e.